The Hall–Kier alpha value is -1.55. The molecule has 84 valence electrons. The van der Waals surface area contributed by atoms with Gasteiger partial charge in [0.15, 0.2) is 5.65 Å². The molecular weight excluding hydrogens is 200 g/mol. The van der Waals surface area contributed by atoms with Crippen molar-refractivity contribution in [1.82, 2.24) is 20.3 Å². The van der Waals surface area contributed by atoms with Gasteiger partial charge in [0.1, 0.15) is 5.52 Å². The highest BCUT2D eigenvalue weighted by Crippen LogP contribution is 2.18. The van der Waals surface area contributed by atoms with E-state index in [1.54, 1.807) is 12.4 Å². The highest BCUT2D eigenvalue weighted by atomic mass is 14.9. The van der Waals surface area contributed by atoms with Gasteiger partial charge < -0.3 is 5.32 Å². The van der Waals surface area contributed by atoms with Crippen LogP contribution in [0.1, 0.15) is 25.5 Å². The summed E-state index contributed by atoms with van der Waals surface area (Å²) in [4.78, 5) is 13.0. The van der Waals surface area contributed by atoms with Crippen LogP contribution in [0.4, 0.5) is 0 Å². The van der Waals surface area contributed by atoms with Gasteiger partial charge in [-0.3, -0.25) is 4.98 Å². The summed E-state index contributed by atoms with van der Waals surface area (Å²) >= 11 is 0. The molecule has 0 aliphatic carbocycles. The predicted molar refractivity (Wildman–Crippen MR) is 64.3 cm³/mol. The molecule has 0 spiro atoms. The Labute approximate surface area is 95.1 Å². The zero-order chi connectivity index (χ0) is 11.5. The lowest BCUT2D eigenvalue weighted by Crippen LogP contribution is -2.27. The van der Waals surface area contributed by atoms with E-state index in [4.69, 9.17) is 0 Å². The minimum Gasteiger partial charge on any atom is -0.317 e. The largest absolute Gasteiger partial charge is 0.317 e. The molecule has 0 saturated heterocycles. The number of hydrogen-bond acceptors (Lipinski definition) is 4. The van der Waals surface area contributed by atoms with E-state index in [0.29, 0.717) is 12.0 Å². The van der Waals surface area contributed by atoms with Crippen LogP contribution in [0.5, 0.6) is 0 Å². The first kappa shape index (κ1) is 11.0. The van der Waals surface area contributed by atoms with Gasteiger partial charge >= 0.3 is 0 Å². The third kappa shape index (κ3) is 2.02. The van der Waals surface area contributed by atoms with Gasteiger partial charge in [0, 0.05) is 30.0 Å². The minimum absolute atomic E-state index is 0.358. The molecule has 16 heavy (non-hydrogen) atoms. The zero-order valence-electron chi connectivity index (χ0n) is 9.81. The molecule has 0 bridgehead atoms. The van der Waals surface area contributed by atoms with Gasteiger partial charge in [0.05, 0.1) is 0 Å². The van der Waals surface area contributed by atoms with Gasteiger partial charge in [-0.25, -0.2) is 9.97 Å². The van der Waals surface area contributed by atoms with E-state index in [2.05, 4.69) is 34.1 Å². The molecule has 4 nitrogen and oxygen atoms in total. The van der Waals surface area contributed by atoms with Crippen molar-refractivity contribution in [2.24, 2.45) is 0 Å². The topological polar surface area (TPSA) is 50.7 Å². The highest BCUT2D eigenvalue weighted by Gasteiger charge is 2.14. The lowest BCUT2D eigenvalue weighted by atomic mass is 9.99. The van der Waals surface area contributed by atoms with Gasteiger partial charge in [0.2, 0.25) is 0 Å². The van der Waals surface area contributed by atoms with Crippen molar-refractivity contribution in [3.05, 3.63) is 30.2 Å². The van der Waals surface area contributed by atoms with Crippen LogP contribution in [-0.4, -0.2) is 28.0 Å². The molecule has 0 fully saturated rings. The van der Waals surface area contributed by atoms with Crippen LogP contribution >= 0.6 is 0 Å². The van der Waals surface area contributed by atoms with Gasteiger partial charge in [-0.05, 0) is 26.1 Å². The average molecular weight is 216 g/mol. The molecule has 0 amide bonds. The fourth-order valence-corrected chi connectivity index (χ4v) is 1.63. The molecule has 2 heterocycles. The van der Waals surface area contributed by atoms with E-state index >= 15 is 0 Å². The lowest BCUT2D eigenvalue weighted by molar-refractivity contribution is 0.516. The van der Waals surface area contributed by atoms with Crippen molar-refractivity contribution < 1.29 is 0 Å². The van der Waals surface area contributed by atoms with E-state index in [1.807, 2.05) is 19.2 Å². The predicted octanol–water partition coefficient (Wildman–Crippen LogP) is 1.74. The Morgan fingerprint density at radius 2 is 1.88 bits per heavy atom. The molecule has 4 heteroatoms. The third-order valence-corrected chi connectivity index (χ3v) is 3.03. The molecule has 2 atom stereocenters. The number of aromatic nitrogens is 3. The van der Waals surface area contributed by atoms with Gasteiger partial charge in [0.25, 0.3) is 0 Å². The highest BCUT2D eigenvalue weighted by molar-refractivity contribution is 5.68. The van der Waals surface area contributed by atoms with E-state index in [-0.39, 0.29) is 0 Å². The Bertz CT molecular complexity index is 483. The normalized spacial score (nSPS) is 14.9. The summed E-state index contributed by atoms with van der Waals surface area (Å²) in [7, 11) is 1.96. The summed E-state index contributed by atoms with van der Waals surface area (Å²) in [6, 6.07) is 4.39. The standard InChI is InChI=1S/C12H16N4/c1-8(9(2)13-3)10-4-5-11-12(16-10)15-7-6-14-11/h4-9,13H,1-3H3. The van der Waals surface area contributed by atoms with Crippen LogP contribution in [0.15, 0.2) is 24.5 Å². The summed E-state index contributed by atoms with van der Waals surface area (Å²) in [5.41, 5.74) is 2.61. The first-order valence-corrected chi connectivity index (χ1v) is 5.47. The number of likely N-dealkylation sites (N-methyl/N-ethyl adjacent to an activating group) is 1. The van der Waals surface area contributed by atoms with Crippen molar-refractivity contribution in [3.8, 4) is 0 Å². The second kappa shape index (κ2) is 4.53. The van der Waals surface area contributed by atoms with Crippen LogP contribution in [0.25, 0.3) is 11.2 Å². The first-order valence-electron chi connectivity index (χ1n) is 5.47. The van der Waals surface area contributed by atoms with Gasteiger partial charge in [-0.2, -0.15) is 0 Å². The van der Waals surface area contributed by atoms with Gasteiger partial charge in [-0.1, -0.05) is 6.92 Å². The number of nitrogens with zero attached hydrogens (tertiary/aromatic N) is 3. The quantitative estimate of drug-likeness (QED) is 0.849. The number of hydrogen-bond donors (Lipinski definition) is 1. The van der Waals surface area contributed by atoms with Crippen molar-refractivity contribution in [2.45, 2.75) is 25.8 Å². The molecule has 0 radical (unpaired) electrons. The number of rotatable bonds is 3. The molecule has 2 aromatic rings. The first-order chi connectivity index (χ1) is 7.72. The molecule has 0 aliphatic heterocycles. The van der Waals surface area contributed by atoms with Crippen LogP contribution in [0.3, 0.4) is 0 Å². The Morgan fingerprint density at radius 1 is 1.12 bits per heavy atom. The molecule has 2 unspecified atom stereocenters. The summed E-state index contributed by atoms with van der Waals surface area (Å²) in [5, 5.41) is 3.24. The monoisotopic (exact) mass is 216 g/mol. The Balaban J connectivity index is 2.39. The number of fused-ring (bicyclic) bond motifs is 1. The lowest BCUT2D eigenvalue weighted by Gasteiger charge is -2.18. The maximum absolute atomic E-state index is 4.53. The smallest absolute Gasteiger partial charge is 0.178 e. The molecule has 1 N–H and O–H groups in total. The fraction of sp³-hybridized carbons (Fsp3) is 0.417. The molecule has 0 aromatic carbocycles. The van der Waals surface area contributed by atoms with Gasteiger partial charge in [-0.15, -0.1) is 0 Å². The molecule has 0 saturated carbocycles. The number of nitrogens with one attached hydrogen (secondary N) is 1. The van der Waals surface area contributed by atoms with Crippen molar-refractivity contribution in [1.29, 1.82) is 0 Å². The van der Waals surface area contributed by atoms with Crippen LogP contribution in [0, 0.1) is 0 Å². The Kier molecular flexibility index (Phi) is 3.10. The zero-order valence-corrected chi connectivity index (χ0v) is 9.81. The van der Waals surface area contributed by atoms with Crippen LogP contribution in [-0.2, 0) is 0 Å². The maximum Gasteiger partial charge on any atom is 0.178 e. The second-order valence-corrected chi connectivity index (χ2v) is 4.00. The number of pyridine rings is 1. The molecular formula is C12H16N4. The molecule has 0 aliphatic rings. The van der Waals surface area contributed by atoms with E-state index in [9.17, 15) is 0 Å². The molecule has 2 rings (SSSR count). The van der Waals surface area contributed by atoms with Crippen molar-refractivity contribution >= 4 is 11.2 Å². The van der Waals surface area contributed by atoms with Crippen LogP contribution < -0.4 is 5.32 Å². The maximum atomic E-state index is 4.53. The van der Waals surface area contributed by atoms with Crippen molar-refractivity contribution in [2.75, 3.05) is 7.05 Å². The SMILES string of the molecule is CNC(C)C(C)c1ccc2nccnc2n1. The summed E-state index contributed by atoms with van der Waals surface area (Å²) in [6.45, 7) is 4.30. The summed E-state index contributed by atoms with van der Waals surface area (Å²) in [5.74, 6) is 0.358. The minimum atomic E-state index is 0.358. The second-order valence-electron chi connectivity index (χ2n) is 4.00. The van der Waals surface area contributed by atoms with E-state index < -0.39 is 0 Å². The van der Waals surface area contributed by atoms with E-state index in [1.165, 1.54) is 0 Å². The third-order valence-electron chi connectivity index (χ3n) is 3.03. The summed E-state index contributed by atoms with van der Waals surface area (Å²) in [6.07, 6.45) is 3.36. The average Bonchev–Trinajstić information content (AvgIpc) is 2.36. The Morgan fingerprint density at radius 3 is 2.62 bits per heavy atom. The van der Waals surface area contributed by atoms with Crippen LogP contribution in [0.2, 0.25) is 0 Å². The van der Waals surface area contributed by atoms with Crippen molar-refractivity contribution in [3.63, 3.8) is 0 Å². The van der Waals surface area contributed by atoms with E-state index in [0.717, 1.165) is 16.9 Å². The molecule has 2 aromatic heterocycles. The summed E-state index contributed by atoms with van der Waals surface area (Å²) < 4.78 is 0. The fourth-order valence-electron chi connectivity index (χ4n) is 1.63.